The molecule has 0 radical (unpaired) electrons. The number of sulfone groups is 1. The summed E-state index contributed by atoms with van der Waals surface area (Å²) in [6, 6.07) is 4.74. The second kappa shape index (κ2) is 5.05. The third kappa shape index (κ3) is 3.02. The van der Waals surface area contributed by atoms with E-state index in [0.29, 0.717) is 5.69 Å². The third-order valence-electron chi connectivity index (χ3n) is 3.43. The van der Waals surface area contributed by atoms with Crippen LogP contribution in [-0.2, 0) is 9.84 Å². The summed E-state index contributed by atoms with van der Waals surface area (Å²) in [6.45, 7) is 0. The van der Waals surface area contributed by atoms with Gasteiger partial charge < -0.3 is 9.64 Å². The Kier molecular flexibility index (Phi) is 3.55. The van der Waals surface area contributed by atoms with Gasteiger partial charge in [-0.25, -0.2) is 8.42 Å². The number of nitrogens with one attached hydrogen (secondary N) is 1. The molecule has 0 unspecified atom stereocenters. The standard InChI is InChI=1S/C12H11F3N2O3S2/c13-12(14,15)20-8-3-1-7(2-4-8)17-9-5-22(18,19)6-10(9)21-11(17)16/h1-4,9-10,16H,5-6H2/t9-,10+/m1/s1. The van der Waals surface area contributed by atoms with Crippen molar-refractivity contribution in [3.8, 4) is 5.75 Å². The van der Waals surface area contributed by atoms with Gasteiger partial charge in [0, 0.05) is 10.9 Å². The summed E-state index contributed by atoms with van der Waals surface area (Å²) in [5.74, 6) is -0.380. The van der Waals surface area contributed by atoms with Crippen LogP contribution < -0.4 is 9.64 Å². The van der Waals surface area contributed by atoms with Crippen LogP contribution in [-0.4, -0.2) is 42.7 Å². The van der Waals surface area contributed by atoms with Crippen molar-refractivity contribution in [1.82, 2.24) is 0 Å². The number of amidine groups is 1. The van der Waals surface area contributed by atoms with E-state index in [2.05, 4.69) is 4.74 Å². The number of alkyl halides is 3. The van der Waals surface area contributed by atoms with Gasteiger partial charge in [-0.05, 0) is 24.3 Å². The molecule has 2 heterocycles. The van der Waals surface area contributed by atoms with Crippen molar-refractivity contribution in [2.24, 2.45) is 0 Å². The summed E-state index contributed by atoms with van der Waals surface area (Å²) in [5, 5.41) is 7.95. The van der Waals surface area contributed by atoms with E-state index < -0.39 is 16.2 Å². The molecule has 2 aliphatic heterocycles. The van der Waals surface area contributed by atoms with Gasteiger partial charge in [0.25, 0.3) is 0 Å². The Bertz CT molecular complexity index is 703. The first-order chi connectivity index (χ1) is 10.1. The molecule has 0 spiro atoms. The number of rotatable bonds is 2. The monoisotopic (exact) mass is 352 g/mol. The Balaban J connectivity index is 1.83. The molecule has 3 rings (SSSR count). The van der Waals surface area contributed by atoms with Gasteiger partial charge in [0.1, 0.15) is 5.75 Å². The summed E-state index contributed by atoms with van der Waals surface area (Å²) in [6.07, 6.45) is -4.76. The fraction of sp³-hybridized carbons (Fsp3) is 0.417. The summed E-state index contributed by atoms with van der Waals surface area (Å²) in [4.78, 5) is 1.55. The molecule has 1 aromatic carbocycles. The molecule has 0 amide bonds. The number of anilines is 1. The van der Waals surface area contributed by atoms with Crippen molar-refractivity contribution in [2.75, 3.05) is 16.4 Å². The molecule has 1 N–H and O–H groups in total. The zero-order chi connectivity index (χ0) is 16.1. The van der Waals surface area contributed by atoms with Crippen molar-refractivity contribution in [1.29, 1.82) is 5.41 Å². The van der Waals surface area contributed by atoms with Crippen LogP contribution in [0.4, 0.5) is 18.9 Å². The van der Waals surface area contributed by atoms with Crippen molar-refractivity contribution in [3.05, 3.63) is 24.3 Å². The van der Waals surface area contributed by atoms with E-state index in [0.717, 1.165) is 12.1 Å². The quantitative estimate of drug-likeness (QED) is 0.884. The molecule has 0 aliphatic carbocycles. The van der Waals surface area contributed by atoms with E-state index in [1.165, 1.54) is 23.9 Å². The molecule has 1 aromatic rings. The van der Waals surface area contributed by atoms with Crippen LogP contribution in [0.25, 0.3) is 0 Å². The highest BCUT2D eigenvalue weighted by molar-refractivity contribution is 8.15. The smallest absolute Gasteiger partial charge is 0.406 e. The second-order valence-electron chi connectivity index (χ2n) is 5.02. The van der Waals surface area contributed by atoms with Crippen LogP contribution in [0, 0.1) is 5.41 Å². The number of halogens is 3. The zero-order valence-electron chi connectivity index (χ0n) is 11.0. The maximum absolute atomic E-state index is 12.1. The Hall–Kier alpha value is -1.42. The van der Waals surface area contributed by atoms with Crippen molar-refractivity contribution < 1.29 is 26.3 Å². The zero-order valence-corrected chi connectivity index (χ0v) is 12.6. The van der Waals surface area contributed by atoms with Crippen molar-refractivity contribution in [2.45, 2.75) is 17.7 Å². The van der Waals surface area contributed by atoms with Gasteiger partial charge in [-0.2, -0.15) is 0 Å². The molecule has 2 fully saturated rings. The minimum Gasteiger partial charge on any atom is -0.406 e. The predicted octanol–water partition coefficient (Wildman–Crippen LogP) is 2.24. The molecule has 5 nitrogen and oxygen atoms in total. The van der Waals surface area contributed by atoms with E-state index in [-0.39, 0.29) is 33.7 Å². The highest BCUT2D eigenvalue weighted by atomic mass is 32.2. The van der Waals surface area contributed by atoms with Crippen LogP contribution in [0.15, 0.2) is 24.3 Å². The average molecular weight is 352 g/mol. The molecular weight excluding hydrogens is 341 g/mol. The Morgan fingerprint density at radius 3 is 2.45 bits per heavy atom. The van der Waals surface area contributed by atoms with Crippen LogP contribution in [0.5, 0.6) is 5.75 Å². The first kappa shape index (κ1) is 15.5. The average Bonchev–Trinajstić information content (AvgIpc) is 2.79. The third-order valence-corrected chi connectivity index (χ3v) is 6.56. The summed E-state index contributed by atoms with van der Waals surface area (Å²) in [7, 11) is -3.13. The highest BCUT2D eigenvalue weighted by Crippen LogP contribution is 2.40. The van der Waals surface area contributed by atoms with Crippen LogP contribution in [0.3, 0.4) is 0 Å². The van der Waals surface area contributed by atoms with Crippen LogP contribution in [0.1, 0.15) is 0 Å². The van der Waals surface area contributed by atoms with Gasteiger partial charge in [0.15, 0.2) is 15.0 Å². The lowest BCUT2D eigenvalue weighted by Gasteiger charge is -2.24. The molecule has 2 saturated heterocycles. The van der Waals surface area contributed by atoms with Gasteiger partial charge in [-0.3, -0.25) is 5.41 Å². The van der Waals surface area contributed by atoms with E-state index in [1.807, 2.05) is 0 Å². The highest BCUT2D eigenvalue weighted by Gasteiger charge is 2.48. The van der Waals surface area contributed by atoms with Crippen molar-refractivity contribution in [3.63, 3.8) is 0 Å². The minimum atomic E-state index is -4.76. The van der Waals surface area contributed by atoms with Crippen LogP contribution in [0.2, 0.25) is 0 Å². The molecule has 2 atom stereocenters. The lowest BCUT2D eigenvalue weighted by atomic mass is 10.2. The largest absolute Gasteiger partial charge is 0.573 e. The number of thioether (sulfide) groups is 1. The number of nitrogens with zero attached hydrogens (tertiary/aromatic N) is 1. The Morgan fingerprint density at radius 2 is 1.86 bits per heavy atom. The second-order valence-corrected chi connectivity index (χ2v) is 8.40. The van der Waals surface area contributed by atoms with Gasteiger partial charge in [0.05, 0.1) is 17.5 Å². The summed E-state index contributed by atoms with van der Waals surface area (Å²) < 4.78 is 63.5. The Morgan fingerprint density at radius 1 is 1.23 bits per heavy atom. The fourth-order valence-corrected chi connectivity index (χ4v) is 6.41. The van der Waals surface area contributed by atoms with E-state index in [9.17, 15) is 21.6 Å². The topological polar surface area (TPSA) is 70.5 Å². The summed E-state index contributed by atoms with van der Waals surface area (Å²) in [5.41, 5.74) is 0.483. The van der Waals surface area contributed by atoms with Crippen LogP contribution >= 0.6 is 11.8 Å². The normalized spacial score (nSPS) is 27.0. The van der Waals surface area contributed by atoms with E-state index in [4.69, 9.17) is 5.41 Å². The molecule has 0 aromatic heterocycles. The number of hydrogen-bond acceptors (Lipinski definition) is 5. The molecule has 120 valence electrons. The maximum atomic E-state index is 12.1. The SMILES string of the molecule is N=C1S[C@H]2CS(=O)(=O)C[C@H]2N1c1ccc(OC(F)(F)F)cc1. The maximum Gasteiger partial charge on any atom is 0.573 e. The van der Waals surface area contributed by atoms with Gasteiger partial charge in [0.2, 0.25) is 0 Å². The molecular formula is C12H11F3N2O3S2. The number of hydrogen-bond donors (Lipinski definition) is 1. The van der Waals surface area contributed by atoms with E-state index >= 15 is 0 Å². The Labute approximate surface area is 128 Å². The van der Waals surface area contributed by atoms with Gasteiger partial charge >= 0.3 is 6.36 Å². The summed E-state index contributed by atoms with van der Waals surface area (Å²) >= 11 is 1.17. The molecule has 22 heavy (non-hydrogen) atoms. The molecule has 10 heteroatoms. The minimum absolute atomic E-state index is 0.0243. The molecule has 2 aliphatic rings. The predicted molar refractivity (Wildman–Crippen MR) is 77.2 cm³/mol. The van der Waals surface area contributed by atoms with Crippen molar-refractivity contribution >= 4 is 32.5 Å². The fourth-order valence-electron chi connectivity index (χ4n) is 2.62. The number of benzene rings is 1. The van der Waals surface area contributed by atoms with Gasteiger partial charge in [-0.1, -0.05) is 11.8 Å². The number of ether oxygens (including phenoxy) is 1. The van der Waals surface area contributed by atoms with E-state index in [1.54, 1.807) is 4.90 Å². The molecule has 0 saturated carbocycles. The van der Waals surface area contributed by atoms with Gasteiger partial charge in [-0.15, -0.1) is 13.2 Å². The first-order valence-corrected chi connectivity index (χ1v) is 8.95. The molecule has 0 bridgehead atoms. The lowest BCUT2D eigenvalue weighted by Crippen LogP contribution is -2.37. The lowest BCUT2D eigenvalue weighted by molar-refractivity contribution is -0.274. The first-order valence-electron chi connectivity index (χ1n) is 6.25. The number of fused-ring (bicyclic) bond motifs is 1.